The maximum atomic E-state index is 9.83. The van der Waals surface area contributed by atoms with Gasteiger partial charge in [-0.15, -0.1) is 0 Å². The van der Waals surface area contributed by atoms with Gasteiger partial charge in [-0.3, -0.25) is 0 Å². The third-order valence-electron chi connectivity index (χ3n) is 1.02. The molecule has 1 rings (SSSR count). The highest BCUT2D eigenvalue weighted by Gasteiger charge is 1.92. The van der Waals surface area contributed by atoms with Gasteiger partial charge in [0.25, 0.3) is 0 Å². The molecule has 0 aromatic heterocycles. The predicted molar refractivity (Wildman–Crippen MR) is 46.9 cm³/mol. The third-order valence-corrected chi connectivity index (χ3v) is 1.93. The molecule has 0 spiro atoms. The van der Waals surface area contributed by atoms with Gasteiger partial charge in [-0.1, -0.05) is 12.1 Å². The van der Waals surface area contributed by atoms with Crippen LogP contribution in [0.15, 0.2) is 29.3 Å². The Balaban J connectivity index is 3.14. The summed E-state index contributed by atoms with van der Waals surface area (Å²) in [6.45, 7) is 0. The summed E-state index contributed by atoms with van der Waals surface area (Å²) >= 11 is 2.11. The summed E-state index contributed by atoms with van der Waals surface area (Å²) < 4.78 is 0.962. The summed E-state index contributed by atoms with van der Waals surface area (Å²) in [6.07, 6.45) is 1.50. The standard InChI is InChI=1S/C7H4INO/c8-6-3-1-2-4-7(6)9-5-10/h1-4H. The van der Waals surface area contributed by atoms with Crippen molar-refractivity contribution in [1.82, 2.24) is 0 Å². The zero-order chi connectivity index (χ0) is 7.40. The van der Waals surface area contributed by atoms with E-state index in [0.29, 0.717) is 5.69 Å². The maximum absolute atomic E-state index is 9.83. The predicted octanol–water partition coefficient (Wildman–Crippen LogP) is 2.26. The quantitative estimate of drug-likeness (QED) is 0.424. The van der Waals surface area contributed by atoms with Gasteiger partial charge in [0.15, 0.2) is 0 Å². The minimum absolute atomic E-state index is 0.679. The van der Waals surface area contributed by atoms with Gasteiger partial charge in [0.1, 0.15) is 0 Å². The number of benzene rings is 1. The molecule has 50 valence electrons. The van der Waals surface area contributed by atoms with E-state index in [0.717, 1.165) is 3.57 Å². The van der Waals surface area contributed by atoms with Crippen LogP contribution in [0.2, 0.25) is 0 Å². The van der Waals surface area contributed by atoms with Gasteiger partial charge in [0, 0.05) is 3.57 Å². The summed E-state index contributed by atoms with van der Waals surface area (Å²) in [4.78, 5) is 13.3. The molecule has 2 nitrogen and oxygen atoms in total. The Kier molecular flexibility index (Phi) is 2.59. The Morgan fingerprint density at radius 2 is 2.10 bits per heavy atom. The second-order valence-electron chi connectivity index (χ2n) is 1.65. The third kappa shape index (κ3) is 1.65. The number of aliphatic imine (C=N–C) groups is 1. The van der Waals surface area contributed by atoms with Crippen molar-refractivity contribution in [2.24, 2.45) is 4.99 Å². The molecule has 3 heteroatoms. The van der Waals surface area contributed by atoms with Gasteiger partial charge >= 0.3 is 0 Å². The lowest BCUT2D eigenvalue weighted by Crippen LogP contribution is -1.69. The van der Waals surface area contributed by atoms with Crippen LogP contribution < -0.4 is 0 Å². The summed E-state index contributed by atoms with van der Waals surface area (Å²) in [7, 11) is 0. The fourth-order valence-corrected chi connectivity index (χ4v) is 1.10. The number of para-hydroxylation sites is 1. The lowest BCUT2D eigenvalue weighted by molar-refractivity contribution is 0.565. The van der Waals surface area contributed by atoms with Crippen LogP contribution in [0.5, 0.6) is 0 Å². The summed E-state index contributed by atoms with van der Waals surface area (Å²) in [5.41, 5.74) is 0.679. The van der Waals surface area contributed by atoms with Crippen molar-refractivity contribution in [1.29, 1.82) is 0 Å². The second kappa shape index (κ2) is 3.49. The number of hydrogen-bond donors (Lipinski definition) is 0. The van der Waals surface area contributed by atoms with Crippen LogP contribution in [0.3, 0.4) is 0 Å². The van der Waals surface area contributed by atoms with Gasteiger partial charge in [0.05, 0.1) is 5.69 Å². The van der Waals surface area contributed by atoms with Gasteiger partial charge in [-0.05, 0) is 34.7 Å². The second-order valence-corrected chi connectivity index (χ2v) is 2.82. The summed E-state index contributed by atoms with van der Waals surface area (Å²) in [6, 6.07) is 7.38. The Labute approximate surface area is 72.1 Å². The molecule has 0 atom stereocenters. The molecule has 0 fully saturated rings. The lowest BCUT2D eigenvalue weighted by Gasteiger charge is -1.91. The minimum Gasteiger partial charge on any atom is -0.211 e. The topological polar surface area (TPSA) is 29.4 Å². The van der Waals surface area contributed by atoms with Crippen LogP contribution in [-0.4, -0.2) is 6.08 Å². The normalized spacial score (nSPS) is 8.50. The van der Waals surface area contributed by atoms with Gasteiger partial charge < -0.3 is 0 Å². The molecule has 0 aliphatic rings. The average Bonchev–Trinajstić information content (AvgIpc) is 1.94. The number of rotatable bonds is 1. The zero-order valence-electron chi connectivity index (χ0n) is 5.04. The lowest BCUT2D eigenvalue weighted by atomic mass is 10.3. The van der Waals surface area contributed by atoms with Gasteiger partial charge in [-0.25, -0.2) is 4.79 Å². The largest absolute Gasteiger partial charge is 0.240 e. The molecule has 0 aliphatic heterocycles. The molecule has 0 amide bonds. The molecule has 1 aromatic carbocycles. The maximum Gasteiger partial charge on any atom is 0.240 e. The van der Waals surface area contributed by atoms with Crippen LogP contribution in [0.1, 0.15) is 0 Å². The van der Waals surface area contributed by atoms with Crippen LogP contribution in [0, 0.1) is 3.57 Å². The zero-order valence-corrected chi connectivity index (χ0v) is 7.20. The Hall–Kier alpha value is -0.670. The SMILES string of the molecule is O=C=Nc1ccccc1I. The van der Waals surface area contributed by atoms with E-state index in [-0.39, 0.29) is 0 Å². The van der Waals surface area contributed by atoms with Crippen molar-refractivity contribution in [2.45, 2.75) is 0 Å². The van der Waals surface area contributed by atoms with Crippen LogP contribution in [-0.2, 0) is 4.79 Å². The number of hydrogen-bond acceptors (Lipinski definition) is 2. The number of isocyanates is 1. The highest BCUT2D eigenvalue weighted by atomic mass is 127. The van der Waals surface area contributed by atoms with Crippen molar-refractivity contribution in [3.63, 3.8) is 0 Å². The van der Waals surface area contributed by atoms with Gasteiger partial charge in [0.2, 0.25) is 6.08 Å². The fourth-order valence-electron chi connectivity index (χ4n) is 0.592. The van der Waals surface area contributed by atoms with E-state index in [1.54, 1.807) is 6.07 Å². The highest BCUT2D eigenvalue weighted by molar-refractivity contribution is 14.1. The number of carbonyl (C=O) groups excluding carboxylic acids is 1. The first-order valence-electron chi connectivity index (χ1n) is 2.67. The monoisotopic (exact) mass is 245 g/mol. The van der Waals surface area contributed by atoms with E-state index in [4.69, 9.17) is 0 Å². The van der Waals surface area contributed by atoms with Crippen molar-refractivity contribution < 1.29 is 4.79 Å². The minimum atomic E-state index is 0.679. The van der Waals surface area contributed by atoms with Gasteiger partial charge in [-0.2, -0.15) is 4.99 Å². The van der Waals surface area contributed by atoms with Crippen molar-refractivity contribution in [3.8, 4) is 0 Å². The molecule has 0 bridgehead atoms. The van der Waals surface area contributed by atoms with Crippen LogP contribution in [0.4, 0.5) is 5.69 Å². The molecule has 0 unspecified atom stereocenters. The van der Waals surface area contributed by atoms with E-state index in [2.05, 4.69) is 27.6 Å². The summed E-state index contributed by atoms with van der Waals surface area (Å²) in [5.74, 6) is 0. The molecule has 0 N–H and O–H groups in total. The molecule has 0 saturated heterocycles. The van der Waals surface area contributed by atoms with Crippen molar-refractivity contribution in [2.75, 3.05) is 0 Å². The molecule has 0 radical (unpaired) electrons. The van der Waals surface area contributed by atoms with E-state index >= 15 is 0 Å². The number of nitrogens with zero attached hydrogens (tertiary/aromatic N) is 1. The molecular weight excluding hydrogens is 241 g/mol. The van der Waals surface area contributed by atoms with E-state index in [1.807, 2.05) is 18.2 Å². The first-order chi connectivity index (χ1) is 4.84. The first-order valence-corrected chi connectivity index (χ1v) is 3.75. The molecule has 0 heterocycles. The van der Waals surface area contributed by atoms with E-state index < -0.39 is 0 Å². The Bertz CT molecular complexity index is 279. The average molecular weight is 245 g/mol. The number of halogens is 1. The van der Waals surface area contributed by atoms with Crippen LogP contribution >= 0.6 is 22.6 Å². The molecule has 10 heavy (non-hydrogen) atoms. The van der Waals surface area contributed by atoms with E-state index in [1.165, 1.54) is 6.08 Å². The first kappa shape index (κ1) is 7.44. The fraction of sp³-hybridized carbons (Fsp3) is 0. The van der Waals surface area contributed by atoms with E-state index in [9.17, 15) is 4.79 Å². The molecule has 0 saturated carbocycles. The smallest absolute Gasteiger partial charge is 0.211 e. The molecule has 1 aromatic rings. The molecular formula is C7H4INO. The Morgan fingerprint density at radius 3 is 2.70 bits per heavy atom. The summed E-state index contributed by atoms with van der Waals surface area (Å²) in [5, 5.41) is 0. The van der Waals surface area contributed by atoms with Crippen LogP contribution in [0.25, 0.3) is 0 Å². The van der Waals surface area contributed by atoms with Crippen molar-refractivity contribution in [3.05, 3.63) is 27.8 Å². The molecule has 0 aliphatic carbocycles. The van der Waals surface area contributed by atoms with Crippen molar-refractivity contribution >= 4 is 34.4 Å². The highest BCUT2D eigenvalue weighted by Crippen LogP contribution is 2.18. The Morgan fingerprint density at radius 1 is 1.40 bits per heavy atom.